The highest BCUT2D eigenvalue weighted by Crippen LogP contribution is 2.30. The molecule has 1 N–H and O–H groups in total. The molecule has 1 aromatic rings. The molecular formula is C16H19N3O6. The van der Waals surface area contributed by atoms with Gasteiger partial charge in [0.1, 0.15) is 11.5 Å². The number of carbonyl (C=O) groups is 3. The number of cyclic esters (lactones) is 1. The third-order valence-corrected chi connectivity index (χ3v) is 4.18. The van der Waals surface area contributed by atoms with Crippen LogP contribution in [0.25, 0.3) is 0 Å². The molecule has 0 aliphatic carbocycles. The predicted molar refractivity (Wildman–Crippen MR) is 86.7 cm³/mol. The van der Waals surface area contributed by atoms with Crippen LogP contribution in [-0.2, 0) is 9.53 Å². The lowest BCUT2D eigenvalue weighted by Gasteiger charge is -2.40. The maximum Gasteiger partial charge on any atom is 0.417 e. The first-order chi connectivity index (χ1) is 12.0. The molecule has 134 valence electrons. The summed E-state index contributed by atoms with van der Waals surface area (Å²) in [6.07, 6.45) is -0.615. The molecule has 0 unspecified atom stereocenters. The molecule has 0 radical (unpaired) electrons. The lowest BCUT2D eigenvalue weighted by atomic mass is 10.0. The van der Waals surface area contributed by atoms with Crippen LogP contribution in [0.2, 0.25) is 0 Å². The number of urea groups is 1. The van der Waals surface area contributed by atoms with E-state index in [0.29, 0.717) is 30.3 Å². The maximum atomic E-state index is 12.3. The summed E-state index contributed by atoms with van der Waals surface area (Å²) in [7, 11) is 3.06. The Labute approximate surface area is 144 Å². The van der Waals surface area contributed by atoms with Crippen LogP contribution < -0.4 is 14.8 Å². The second-order valence-corrected chi connectivity index (χ2v) is 5.83. The summed E-state index contributed by atoms with van der Waals surface area (Å²) in [6, 6.07) is 4.84. The summed E-state index contributed by atoms with van der Waals surface area (Å²) in [5.41, 5.74) is 0.537. The van der Waals surface area contributed by atoms with E-state index in [4.69, 9.17) is 9.47 Å². The first kappa shape index (κ1) is 16.9. The highest BCUT2D eigenvalue weighted by molar-refractivity contribution is 5.98. The molecule has 0 bridgehead atoms. The minimum absolute atomic E-state index is 0.0538. The van der Waals surface area contributed by atoms with Crippen molar-refractivity contribution in [1.29, 1.82) is 0 Å². The van der Waals surface area contributed by atoms with Crippen LogP contribution >= 0.6 is 0 Å². The molecule has 0 aromatic heterocycles. The molecular weight excluding hydrogens is 330 g/mol. The first-order valence-electron chi connectivity index (χ1n) is 7.77. The summed E-state index contributed by atoms with van der Waals surface area (Å²) in [5, 5.41) is 2.78. The summed E-state index contributed by atoms with van der Waals surface area (Å²) < 4.78 is 15.0. The summed E-state index contributed by atoms with van der Waals surface area (Å²) in [4.78, 5) is 37.9. The molecule has 0 saturated carbocycles. The van der Waals surface area contributed by atoms with E-state index in [1.807, 2.05) is 0 Å². The van der Waals surface area contributed by atoms with Crippen molar-refractivity contribution in [1.82, 2.24) is 9.80 Å². The number of hydrogen-bond acceptors (Lipinski definition) is 6. The van der Waals surface area contributed by atoms with Crippen molar-refractivity contribution in [3.8, 4) is 11.5 Å². The van der Waals surface area contributed by atoms with E-state index in [-0.39, 0.29) is 31.0 Å². The molecule has 0 atom stereocenters. The Morgan fingerprint density at radius 3 is 2.64 bits per heavy atom. The fraction of sp³-hybridized carbons (Fsp3) is 0.438. The van der Waals surface area contributed by atoms with Gasteiger partial charge in [-0.25, -0.2) is 14.5 Å². The molecule has 2 saturated heterocycles. The number of rotatable bonds is 5. The van der Waals surface area contributed by atoms with Gasteiger partial charge in [0.2, 0.25) is 0 Å². The molecule has 9 heteroatoms. The highest BCUT2D eigenvalue weighted by atomic mass is 16.6. The molecule has 1 aromatic carbocycles. The van der Waals surface area contributed by atoms with Crippen molar-refractivity contribution in [3.05, 3.63) is 18.2 Å². The zero-order chi connectivity index (χ0) is 18.0. The van der Waals surface area contributed by atoms with Gasteiger partial charge in [0.05, 0.1) is 19.9 Å². The molecule has 2 heterocycles. The lowest BCUT2D eigenvalue weighted by Crippen LogP contribution is -2.55. The topological polar surface area (TPSA) is 97.4 Å². The van der Waals surface area contributed by atoms with Crippen LogP contribution in [0.5, 0.6) is 11.5 Å². The number of anilines is 1. The number of ether oxygens (including phenoxy) is 3. The van der Waals surface area contributed by atoms with Gasteiger partial charge >= 0.3 is 12.1 Å². The average molecular weight is 349 g/mol. The van der Waals surface area contributed by atoms with Gasteiger partial charge in [-0.05, 0) is 12.1 Å². The number of carbonyl (C=O) groups excluding carboxylic acids is 3. The Hall–Kier alpha value is -2.97. The van der Waals surface area contributed by atoms with Gasteiger partial charge in [-0.1, -0.05) is 0 Å². The van der Waals surface area contributed by atoms with E-state index < -0.39 is 6.09 Å². The lowest BCUT2D eigenvalue weighted by molar-refractivity contribution is -0.126. The Morgan fingerprint density at radius 2 is 2.04 bits per heavy atom. The molecule has 2 fully saturated rings. The summed E-state index contributed by atoms with van der Waals surface area (Å²) in [5.74, 6) is 0.838. The maximum absolute atomic E-state index is 12.3. The van der Waals surface area contributed by atoms with Gasteiger partial charge in [0, 0.05) is 31.6 Å². The third kappa shape index (κ3) is 3.44. The van der Waals surface area contributed by atoms with Crippen LogP contribution in [0.1, 0.15) is 0 Å². The van der Waals surface area contributed by atoms with Gasteiger partial charge in [0.25, 0.3) is 5.91 Å². The van der Waals surface area contributed by atoms with Crippen LogP contribution in [0.4, 0.5) is 15.3 Å². The van der Waals surface area contributed by atoms with Gasteiger partial charge in [-0.2, -0.15) is 0 Å². The van der Waals surface area contributed by atoms with E-state index in [2.05, 4.69) is 10.1 Å². The molecule has 0 spiro atoms. The van der Waals surface area contributed by atoms with E-state index >= 15 is 0 Å². The van der Waals surface area contributed by atoms with Gasteiger partial charge < -0.3 is 24.4 Å². The van der Waals surface area contributed by atoms with E-state index in [9.17, 15) is 14.4 Å². The first-order valence-corrected chi connectivity index (χ1v) is 7.77. The number of hydrogen-bond donors (Lipinski definition) is 1. The van der Waals surface area contributed by atoms with Crippen LogP contribution in [0, 0.1) is 5.92 Å². The van der Waals surface area contributed by atoms with E-state index in [1.165, 1.54) is 7.11 Å². The highest BCUT2D eigenvalue weighted by Gasteiger charge is 2.38. The van der Waals surface area contributed by atoms with Gasteiger partial charge in [0.15, 0.2) is 6.61 Å². The zero-order valence-electron chi connectivity index (χ0n) is 14.0. The fourth-order valence-electron chi connectivity index (χ4n) is 2.76. The predicted octanol–water partition coefficient (Wildman–Crippen LogP) is 1.15. The molecule has 2 aliphatic rings. The minimum atomic E-state index is -0.615. The summed E-state index contributed by atoms with van der Waals surface area (Å²) in [6.45, 7) is 0.989. The monoisotopic (exact) mass is 349 g/mol. The van der Waals surface area contributed by atoms with Crippen LogP contribution in [0.3, 0.4) is 0 Å². The Balaban J connectivity index is 1.52. The van der Waals surface area contributed by atoms with Crippen molar-refractivity contribution >= 4 is 23.7 Å². The number of imide groups is 1. The van der Waals surface area contributed by atoms with Gasteiger partial charge in [-0.15, -0.1) is 0 Å². The number of likely N-dealkylation sites (tertiary alicyclic amines) is 1. The minimum Gasteiger partial charge on any atom is -0.497 e. The van der Waals surface area contributed by atoms with Crippen molar-refractivity contribution in [2.75, 3.05) is 45.8 Å². The smallest absolute Gasteiger partial charge is 0.417 e. The van der Waals surface area contributed by atoms with Gasteiger partial charge in [-0.3, -0.25) is 4.79 Å². The average Bonchev–Trinajstić information content (AvgIpc) is 2.89. The van der Waals surface area contributed by atoms with Crippen molar-refractivity contribution < 1.29 is 28.6 Å². The zero-order valence-corrected chi connectivity index (χ0v) is 14.0. The molecule has 4 amide bonds. The normalized spacial score (nSPS) is 17.2. The van der Waals surface area contributed by atoms with Crippen molar-refractivity contribution in [2.45, 2.75) is 0 Å². The Morgan fingerprint density at radius 1 is 1.28 bits per heavy atom. The number of benzene rings is 1. The van der Waals surface area contributed by atoms with Crippen LogP contribution in [-0.4, -0.2) is 68.3 Å². The number of amides is 4. The SMILES string of the molecule is COc1ccc(NC(=O)N2CC(CN3C(=O)COC3=O)C2)c(OC)c1. The van der Waals surface area contributed by atoms with Crippen LogP contribution in [0.15, 0.2) is 18.2 Å². The standard InChI is InChI=1S/C16H19N3O6/c1-23-11-3-4-12(13(5-11)24-2)17-15(21)18-6-10(7-18)8-19-14(20)9-25-16(19)22/h3-5,10H,6-9H2,1-2H3,(H,17,21). The molecule has 3 rings (SSSR count). The fourth-order valence-corrected chi connectivity index (χ4v) is 2.76. The third-order valence-electron chi connectivity index (χ3n) is 4.18. The van der Waals surface area contributed by atoms with E-state index in [1.54, 1.807) is 30.2 Å². The van der Waals surface area contributed by atoms with Crippen molar-refractivity contribution in [2.24, 2.45) is 5.92 Å². The second-order valence-electron chi connectivity index (χ2n) is 5.83. The van der Waals surface area contributed by atoms with Crippen molar-refractivity contribution in [3.63, 3.8) is 0 Å². The largest absolute Gasteiger partial charge is 0.497 e. The Bertz CT molecular complexity index is 685. The van der Waals surface area contributed by atoms with E-state index in [0.717, 1.165) is 4.90 Å². The number of nitrogens with one attached hydrogen (secondary N) is 1. The Kier molecular flexibility index (Phi) is 4.64. The second kappa shape index (κ2) is 6.88. The quantitative estimate of drug-likeness (QED) is 0.856. The molecule has 25 heavy (non-hydrogen) atoms. The summed E-state index contributed by atoms with van der Waals surface area (Å²) >= 11 is 0. The number of methoxy groups -OCH3 is 2. The number of nitrogens with zero attached hydrogens (tertiary/aromatic N) is 2. The molecule has 2 aliphatic heterocycles. The molecule has 9 nitrogen and oxygen atoms in total.